The normalized spacial score (nSPS) is 18.4. The fraction of sp³-hybridized carbons (Fsp3) is 0.148. The minimum absolute atomic E-state index is 0.0986. The molecule has 2 saturated heterocycles. The lowest BCUT2D eigenvalue weighted by atomic mass is 10.1. The Morgan fingerprint density at radius 3 is 1.87 bits per heavy atom. The van der Waals surface area contributed by atoms with E-state index < -0.39 is 47.8 Å². The monoisotopic (exact) mass is 513 g/mol. The molecule has 5 rings (SSSR count). The minimum Gasteiger partial charge on any atom is -0.581 e. The Labute approximate surface area is 217 Å². The maximum Gasteiger partial charge on any atom is 0.338 e. The van der Waals surface area contributed by atoms with Crippen molar-refractivity contribution >= 4 is 41.0 Å². The number of imide groups is 2. The van der Waals surface area contributed by atoms with Gasteiger partial charge in [-0.1, -0.05) is 60.7 Å². The van der Waals surface area contributed by atoms with Gasteiger partial charge in [-0.2, -0.15) is 10.3 Å². The molecule has 38 heavy (non-hydrogen) atoms. The van der Waals surface area contributed by atoms with Gasteiger partial charge in [0.2, 0.25) is 11.8 Å². The molecular formula is C27H23N5O6. The van der Waals surface area contributed by atoms with Crippen LogP contribution in [0.1, 0.15) is 24.0 Å². The van der Waals surface area contributed by atoms with Gasteiger partial charge in [0.05, 0.1) is 18.8 Å². The highest BCUT2D eigenvalue weighted by molar-refractivity contribution is 6.26. The van der Waals surface area contributed by atoms with Crippen molar-refractivity contribution in [2.75, 3.05) is 9.91 Å². The van der Waals surface area contributed by atoms with E-state index in [1.807, 2.05) is 0 Å². The molecule has 2 heterocycles. The van der Waals surface area contributed by atoms with E-state index in [0.717, 1.165) is 19.8 Å². The van der Waals surface area contributed by atoms with Gasteiger partial charge in [-0.05, 0) is 35.4 Å². The number of carbonyl (C=O) groups is 5. The number of nitrogens with one attached hydrogen (secondary N) is 1. The zero-order chi connectivity index (χ0) is 26.8. The maximum absolute atomic E-state index is 13.1. The molecule has 0 bridgehead atoms. The molecule has 1 unspecified atom stereocenters. The lowest BCUT2D eigenvalue weighted by Crippen LogP contribution is -3.23. The molecule has 2 aliphatic heterocycles. The van der Waals surface area contributed by atoms with Crippen molar-refractivity contribution in [2.45, 2.75) is 25.9 Å². The number of amides is 6. The third-order valence-electron chi connectivity index (χ3n) is 6.25. The summed E-state index contributed by atoms with van der Waals surface area (Å²) in [5.74, 6) is -2.43. The van der Waals surface area contributed by atoms with Gasteiger partial charge in [0.25, 0.3) is 11.8 Å². The first-order valence-corrected chi connectivity index (χ1v) is 11.9. The van der Waals surface area contributed by atoms with Crippen molar-refractivity contribution in [1.82, 2.24) is 9.91 Å². The fourth-order valence-electron chi connectivity index (χ4n) is 4.44. The van der Waals surface area contributed by atoms with Crippen LogP contribution in [0.2, 0.25) is 0 Å². The predicted molar refractivity (Wildman–Crippen MR) is 134 cm³/mol. The second-order valence-electron chi connectivity index (χ2n) is 8.83. The molecule has 6 amide bonds. The molecule has 11 heteroatoms. The van der Waals surface area contributed by atoms with Gasteiger partial charge in [0.1, 0.15) is 18.5 Å². The number of carbonyl (C=O) groups excluding carboxylic acids is 5. The molecule has 0 spiro atoms. The smallest absolute Gasteiger partial charge is 0.338 e. The van der Waals surface area contributed by atoms with Crippen LogP contribution in [0, 0.1) is 5.21 Å². The van der Waals surface area contributed by atoms with Crippen molar-refractivity contribution in [3.05, 3.63) is 101 Å². The number of benzene rings is 3. The Morgan fingerprint density at radius 1 is 0.632 bits per heavy atom. The average molecular weight is 514 g/mol. The Balaban J connectivity index is 1.34. The van der Waals surface area contributed by atoms with Gasteiger partial charge in [0, 0.05) is 0 Å². The summed E-state index contributed by atoms with van der Waals surface area (Å²) in [6, 6.07) is 22.7. The molecule has 2 fully saturated rings. The molecule has 0 aliphatic carbocycles. The van der Waals surface area contributed by atoms with E-state index in [9.17, 15) is 29.2 Å². The Kier molecular flexibility index (Phi) is 6.69. The van der Waals surface area contributed by atoms with Gasteiger partial charge in [-0.15, -0.1) is 5.01 Å². The van der Waals surface area contributed by atoms with E-state index >= 15 is 0 Å². The van der Waals surface area contributed by atoms with Crippen LogP contribution in [-0.4, -0.2) is 39.6 Å². The third-order valence-corrected chi connectivity index (χ3v) is 6.25. The van der Waals surface area contributed by atoms with Crippen LogP contribution in [0.15, 0.2) is 84.9 Å². The molecule has 1 atom stereocenters. The summed E-state index contributed by atoms with van der Waals surface area (Å²) in [6.07, 6.45) is -0.888. The van der Waals surface area contributed by atoms with Crippen LogP contribution in [0.5, 0.6) is 0 Å². The first-order valence-electron chi connectivity index (χ1n) is 11.9. The van der Waals surface area contributed by atoms with Crippen molar-refractivity contribution in [3.8, 4) is 0 Å². The summed E-state index contributed by atoms with van der Waals surface area (Å²) < 4.78 is 0. The number of nitrogens with zero attached hydrogens (tertiary/aromatic N) is 4. The first-order chi connectivity index (χ1) is 18.3. The largest absolute Gasteiger partial charge is 0.581 e. The molecule has 192 valence electrons. The van der Waals surface area contributed by atoms with Gasteiger partial charge in [-0.25, -0.2) is 9.69 Å². The zero-order valence-corrected chi connectivity index (χ0v) is 20.1. The highest BCUT2D eigenvalue weighted by Crippen LogP contribution is 2.23. The van der Waals surface area contributed by atoms with Gasteiger partial charge in [0.15, 0.2) is 0 Å². The number of hydrogen-bond acceptors (Lipinski definition) is 6. The fourth-order valence-corrected chi connectivity index (χ4v) is 4.44. The number of anilines is 2. The minimum atomic E-state index is -0.749. The number of rotatable bonds is 6. The summed E-state index contributed by atoms with van der Waals surface area (Å²) in [4.78, 5) is 65.2. The number of barbiturate groups is 1. The second-order valence-corrected chi connectivity index (χ2v) is 8.83. The van der Waals surface area contributed by atoms with Crippen molar-refractivity contribution < 1.29 is 29.3 Å². The highest BCUT2D eigenvalue weighted by atomic mass is 16.6. The van der Waals surface area contributed by atoms with E-state index in [4.69, 9.17) is 0 Å². The van der Waals surface area contributed by atoms with Gasteiger partial charge < -0.3 is 5.21 Å². The van der Waals surface area contributed by atoms with Crippen LogP contribution in [0.3, 0.4) is 0 Å². The molecule has 1 N–H and O–H groups in total. The molecular weight excluding hydrogens is 490 g/mol. The Bertz CT molecular complexity index is 1410. The summed E-state index contributed by atoms with van der Waals surface area (Å²) in [5.41, 5.74) is 1.88. The second kappa shape index (κ2) is 10.2. The van der Waals surface area contributed by atoms with E-state index in [1.54, 1.807) is 84.9 Å². The molecule has 11 nitrogen and oxygen atoms in total. The van der Waals surface area contributed by atoms with Gasteiger partial charge >= 0.3 is 6.03 Å². The molecule has 3 aromatic rings. The van der Waals surface area contributed by atoms with Crippen molar-refractivity contribution in [2.24, 2.45) is 0 Å². The summed E-state index contributed by atoms with van der Waals surface area (Å²) >= 11 is 0. The SMILES string of the molecule is O=C1CC(=O)N(c2ccccc2)C(=O)N1Cc1cccc(CN2C(=O)CC(=O)N(c3ccccc3)[NH+]2[O-])c1. The van der Waals surface area contributed by atoms with Crippen LogP contribution < -0.4 is 15.2 Å². The molecule has 3 aromatic carbocycles. The standard InChI is InChI=1S/C27H23N5O6/c33-23-15-25(35)30(21-10-3-1-4-11-21)27(37)28(23)17-19-8-7-9-20(14-19)18-29-24(34)16-26(36)31(32(29)38)22-12-5-2-6-13-22/h1-14,32H,15-18H2. The number of hydrogen-bond donors (Lipinski definition) is 1. The van der Waals surface area contributed by atoms with Gasteiger partial charge in [-0.3, -0.25) is 24.1 Å². The number of urea groups is 1. The van der Waals surface area contributed by atoms with E-state index in [2.05, 4.69) is 0 Å². The number of para-hydroxylation sites is 2. The summed E-state index contributed by atoms with van der Waals surface area (Å²) in [6.45, 7) is -0.197. The summed E-state index contributed by atoms with van der Waals surface area (Å²) in [7, 11) is 0. The topological polar surface area (TPSA) is 126 Å². The quantitative estimate of drug-likeness (QED) is 0.394. The van der Waals surface area contributed by atoms with Crippen LogP contribution in [-0.2, 0) is 32.3 Å². The highest BCUT2D eigenvalue weighted by Gasteiger charge is 2.40. The molecule has 0 radical (unpaired) electrons. The zero-order valence-electron chi connectivity index (χ0n) is 20.1. The van der Waals surface area contributed by atoms with Crippen molar-refractivity contribution in [3.63, 3.8) is 0 Å². The lowest BCUT2D eigenvalue weighted by Gasteiger charge is -2.42. The Morgan fingerprint density at radius 2 is 1.21 bits per heavy atom. The first kappa shape index (κ1) is 24.8. The molecule has 0 saturated carbocycles. The average Bonchev–Trinajstić information content (AvgIpc) is 2.90. The predicted octanol–water partition coefficient (Wildman–Crippen LogP) is 1.55. The van der Waals surface area contributed by atoms with E-state index in [0.29, 0.717) is 22.5 Å². The van der Waals surface area contributed by atoms with Crippen molar-refractivity contribution in [1.29, 1.82) is 0 Å². The van der Waals surface area contributed by atoms with Crippen LogP contribution in [0.25, 0.3) is 0 Å². The Hall–Kier alpha value is -4.87. The van der Waals surface area contributed by atoms with E-state index in [-0.39, 0.29) is 13.1 Å². The maximum atomic E-state index is 13.1. The molecule has 0 aromatic heterocycles. The molecule has 2 aliphatic rings. The summed E-state index contributed by atoms with van der Waals surface area (Å²) in [5, 5.41) is 14.3. The van der Waals surface area contributed by atoms with Crippen LogP contribution >= 0.6 is 0 Å². The number of quaternary nitrogens is 1. The third kappa shape index (κ3) is 4.75. The lowest BCUT2D eigenvalue weighted by molar-refractivity contribution is -0.964. The van der Waals surface area contributed by atoms with Crippen LogP contribution in [0.4, 0.5) is 16.2 Å². The van der Waals surface area contributed by atoms with E-state index in [1.165, 1.54) is 0 Å².